The zero-order chi connectivity index (χ0) is 10.6. The van der Waals surface area contributed by atoms with Crippen LogP contribution in [0.3, 0.4) is 0 Å². The average Bonchev–Trinajstić information content (AvgIpc) is 2.10. The molecular formula is C10H11BrOS2. The van der Waals surface area contributed by atoms with Gasteiger partial charge in [-0.2, -0.15) is 0 Å². The van der Waals surface area contributed by atoms with Gasteiger partial charge in [-0.05, 0) is 61.6 Å². The van der Waals surface area contributed by atoms with Crippen molar-refractivity contribution in [2.24, 2.45) is 0 Å². The SMILES string of the molecule is CCOC(=S)Sc1ccc(Br)cc1C. The van der Waals surface area contributed by atoms with Crippen LogP contribution in [0.15, 0.2) is 27.6 Å². The summed E-state index contributed by atoms with van der Waals surface area (Å²) in [6.07, 6.45) is 0. The van der Waals surface area contributed by atoms with E-state index in [1.807, 2.05) is 19.1 Å². The van der Waals surface area contributed by atoms with Crippen LogP contribution in [0.5, 0.6) is 0 Å². The Morgan fingerprint density at radius 1 is 1.57 bits per heavy atom. The molecule has 0 saturated heterocycles. The lowest BCUT2D eigenvalue weighted by Gasteiger charge is -2.06. The number of hydrogen-bond acceptors (Lipinski definition) is 3. The lowest BCUT2D eigenvalue weighted by molar-refractivity contribution is 0.346. The van der Waals surface area contributed by atoms with Gasteiger partial charge < -0.3 is 4.74 Å². The van der Waals surface area contributed by atoms with Gasteiger partial charge in [0.05, 0.1) is 6.61 Å². The maximum atomic E-state index is 5.21. The lowest BCUT2D eigenvalue weighted by atomic mass is 10.2. The molecule has 0 aromatic heterocycles. The molecule has 0 aliphatic heterocycles. The summed E-state index contributed by atoms with van der Waals surface area (Å²) in [5, 5.41) is 0. The van der Waals surface area contributed by atoms with Crippen LogP contribution in [0.4, 0.5) is 0 Å². The first-order chi connectivity index (χ1) is 6.63. The molecule has 0 atom stereocenters. The van der Waals surface area contributed by atoms with Crippen LogP contribution in [-0.2, 0) is 4.74 Å². The van der Waals surface area contributed by atoms with Crippen molar-refractivity contribution in [3.8, 4) is 0 Å². The number of aryl methyl sites for hydroxylation is 1. The van der Waals surface area contributed by atoms with Crippen molar-refractivity contribution in [1.82, 2.24) is 0 Å². The Morgan fingerprint density at radius 3 is 2.86 bits per heavy atom. The molecule has 0 N–H and O–H groups in total. The largest absolute Gasteiger partial charge is 0.479 e. The number of thioether (sulfide) groups is 1. The van der Waals surface area contributed by atoms with E-state index < -0.39 is 0 Å². The predicted molar refractivity (Wildman–Crippen MR) is 69.0 cm³/mol. The molecule has 1 aromatic rings. The van der Waals surface area contributed by atoms with Gasteiger partial charge in [0.1, 0.15) is 0 Å². The summed E-state index contributed by atoms with van der Waals surface area (Å²) in [4.78, 5) is 1.15. The molecule has 0 fully saturated rings. The Morgan fingerprint density at radius 2 is 2.29 bits per heavy atom. The van der Waals surface area contributed by atoms with Crippen molar-refractivity contribution in [3.63, 3.8) is 0 Å². The van der Waals surface area contributed by atoms with E-state index in [0.29, 0.717) is 11.0 Å². The third-order valence-electron chi connectivity index (χ3n) is 1.59. The molecular weight excluding hydrogens is 280 g/mol. The van der Waals surface area contributed by atoms with Gasteiger partial charge in [0.25, 0.3) is 0 Å². The smallest absolute Gasteiger partial charge is 0.224 e. The van der Waals surface area contributed by atoms with Crippen molar-refractivity contribution < 1.29 is 4.74 Å². The van der Waals surface area contributed by atoms with Gasteiger partial charge in [0, 0.05) is 9.37 Å². The molecule has 0 bridgehead atoms. The summed E-state index contributed by atoms with van der Waals surface area (Å²) in [5.41, 5.74) is 1.20. The van der Waals surface area contributed by atoms with Crippen molar-refractivity contribution >= 4 is 44.3 Å². The highest BCUT2D eigenvalue weighted by Gasteiger charge is 2.04. The van der Waals surface area contributed by atoms with E-state index in [9.17, 15) is 0 Å². The average molecular weight is 291 g/mol. The minimum atomic E-state index is 0.581. The second kappa shape index (κ2) is 5.73. The van der Waals surface area contributed by atoms with Crippen molar-refractivity contribution in [1.29, 1.82) is 0 Å². The van der Waals surface area contributed by atoms with E-state index >= 15 is 0 Å². The minimum absolute atomic E-state index is 0.581. The van der Waals surface area contributed by atoms with Gasteiger partial charge in [-0.25, -0.2) is 0 Å². The lowest BCUT2D eigenvalue weighted by Crippen LogP contribution is -1.95. The maximum absolute atomic E-state index is 5.21. The van der Waals surface area contributed by atoms with Crippen molar-refractivity contribution in [3.05, 3.63) is 28.2 Å². The summed E-state index contributed by atoms with van der Waals surface area (Å²) in [7, 11) is 0. The topological polar surface area (TPSA) is 9.23 Å². The summed E-state index contributed by atoms with van der Waals surface area (Å²) >= 11 is 9.97. The van der Waals surface area contributed by atoms with Gasteiger partial charge in [0.2, 0.25) is 4.38 Å². The van der Waals surface area contributed by atoms with Crippen LogP contribution in [0, 0.1) is 6.92 Å². The molecule has 4 heteroatoms. The maximum Gasteiger partial charge on any atom is 0.224 e. The Bertz CT molecular complexity index is 339. The van der Waals surface area contributed by atoms with E-state index in [1.54, 1.807) is 0 Å². The second-order valence-corrected chi connectivity index (χ2v) is 5.25. The number of halogens is 1. The molecule has 0 aliphatic rings. The van der Waals surface area contributed by atoms with Crippen molar-refractivity contribution in [2.45, 2.75) is 18.7 Å². The highest BCUT2D eigenvalue weighted by Crippen LogP contribution is 2.26. The first-order valence-electron chi connectivity index (χ1n) is 4.24. The van der Waals surface area contributed by atoms with Crippen LogP contribution >= 0.6 is 39.9 Å². The predicted octanol–water partition coefficient (Wildman–Crippen LogP) is 4.17. The standard InChI is InChI=1S/C10H11BrOS2/c1-3-12-10(13)14-9-5-4-8(11)6-7(9)2/h4-6H,3H2,1-2H3. The van der Waals surface area contributed by atoms with Crippen LogP contribution in [0.1, 0.15) is 12.5 Å². The Hall–Kier alpha value is -0.0600. The van der Waals surface area contributed by atoms with E-state index in [4.69, 9.17) is 17.0 Å². The van der Waals surface area contributed by atoms with Crippen LogP contribution in [0.2, 0.25) is 0 Å². The monoisotopic (exact) mass is 290 g/mol. The molecule has 0 heterocycles. The van der Waals surface area contributed by atoms with Gasteiger partial charge in [-0.3, -0.25) is 0 Å². The van der Waals surface area contributed by atoms with E-state index in [2.05, 4.69) is 28.9 Å². The highest BCUT2D eigenvalue weighted by atomic mass is 79.9. The normalized spacial score (nSPS) is 9.93. The molecule has 0 amide bonds. The first-order valence-corrected chi connectivity index (χ1v) is 6.26. The van der Waals surface area contributed by atoms with E-state index in [-0.39, 0.29) is 0 Å². The summed E-state index contributed by atoms with van der Waals surface area (Å²) < 4.78 is 6.88. The van der Waals surface area contributed by atoms with E-state index in [1.165, 1.54) is 17.3 Å². The quantitative estimate of drug-likeness (QED) is 0.598. The van der Waals surface area contributed by atoms with Crippen LogP contribution < -0.4 is 0 Å². The molecule has 0 unspecified atom stereocenters. The number of thiocarbonyl (C=S) groups is 1. The Kier molecular flexibility index (Phi) is 4.92. The molecule has 0 saturated carbocycles. The fourth-order valence-electron chi connectivity index (χ4n) is 0.964. The number of hydrogen-bond donors (Lipinski definition) is 0. The molecule has 0 radical (unpaired) electrons. The van der Waals surface area contributed by atoms with Crippen molar-refractivity contribution in [2.75, 3.05) is 6.61 Å². The Labute approximate surface area is 102 Å². The third kappa shape index (κ3) is 3.59. The molecule has 1 nitrogen and oxygen atoms in total. The summed E-state index contributed by atoms with van der Waals surface area (Å²) in [5.74, 6) is 0. The zero-order valence-electron chi connectivity index (χ0n) is 8.04. The van der Waals surface area contributed by atoms with Crippen LogP contribution in [-0.4, -0.2) is 11.0 Å². The molecule has 14 heavy (non-hydrogen) atoms. The molecule has 0 aliphatic carbocycles. The third-order valence-corrected chi connectivity index (χ3v) is 3.42. The number of ether oxygens (including phenoxy) is 1. The summed E-state index contributed by atoms with van der Waals surface area (Å²) in [6, 6.07) is 6.11. The zero-order valence-corrected chi connectivity index (χ0v) is 11.3. The van der Waals surface area contributed by atoms with Gasteiger partial charge in [-0.15, -0.1) is 0 Å². The van der Waals surface area contributed by atoms with Crippen LogP contribution in [0.25, 0.3) is 0 Å². The first kappa shape index (κ1) is 12.0. The number of benzene rings is 1. The number of rotatable bonds is 2. The van der Waals surface area contributed by atoms with Gasteiger partial charge in [0.15, 0.2) is 0 Å². The van der Waals surface area contributed by atoms with E-state index in [0.717, 1.165) is 9.37 Å². The molecule has 76 valence electrons. The van der Waals surface area contributed by atoms with Gasteiger partial charge >= 0.3 is 0 Å². The molecule has 0 spiro atoms. The fourth-order valence-corrected chi connectivity index (χ4v) is 2.54. The highest BCUT2D eigenvalue weighted by molar-refractivity contribution is 9.10. The van der Waals surface area contributed by atoms with Gasteiger partial charge in [-0.1, -0.05) is 15.9 Å². The summed E-state index contributed by atoms with van der Waals surface area (Å²) in [6.45, 7) is 4.62. The second-order valence-electron chi connectivity index (χ2n) is 2.69. The minimum Gasteiger partial charge on any atom is -0.479 e. The molecule has 1 rings (SSSR count). The molecule has 1 aromatic carbocycles. The Balaban J connectivity index is 2.72. The fraction of sp³-hybridized carbons (Fsp3) is 0.300.